The molecule has 0 saturated heterocycles. The van der Waals surface area contributed by atoms with Gasteiger partial charge in [0.15, 0.2) is 0 Å². The maximum absolute atomic E-state index is 8.70. The molecule has 12 heavy (non-hydrogen) atoms. The van der Waals surface area contributed by atoms with Crippen LogP contribution in [0.5, 0.6) is 0 Å². The second kappa shape index (κ2) is 3.15. The first-order chi connectivity index (χ1) is 5.81. The van der Waals surface area contributed by atoms with Gasteiger partial charge in [-0.25, -0.2) is 4.98 Å². The Hall–Kier alpha value is -0.410. The van der Waals surface area contributed by atoms with Crippen molar-refractivity contribution >= 4 is 11.3 Å². The van der Waals surface area contributed by atoms with E-state index in [1.165, 1.54) is 11.4 Å². The average molecular weight is 183 g/mol. The van der Waals surface area contributed by atoms with Crippen LogP contribution in [0.2, 0.25) is 0 Å². The van der Waals surface area contributed by atoms with Crippen molar-refractivity contribution in [2.24, 2.45) is 5.92 Å². The lowest BCUT2D eigenvalue weighted by Gasteiger charge is -1.89. The summed E-state index contributed by atoms with van der Waals surface area (Å²) in [6.45, 7) is 2.47. The SMILES string of the molecule is CC1CC1c1nc(CCO)cs1. The highest BCUT2D eigenvalue weighted by Crippen LogP contribution is 2.47. The van der Waals surface area contributed by atoms with E-state index < -0.39 is 0 Å². The molecule has 3 heteroatoms. The minimum Gasteiger partial charge on any atom is -0.396 e. The predicted molar refractivity (Wildman–Crippen MR) is 49.4 cm³/mol. The Kier molecular flexibility index (Phi) is 2.15. The van der Waals surface area contributed by atoms with Crippen molar-refractivity contribution in [2.75, 3.05) is 6.61 Å². The van der Waals surface area contributed by atoms with Crippen LogP contribution in [0.15, 0.2) is 5.38 Å². The molecule has 0 aromatic carbocycles. The first kappa shape index (κ1) is 8.20. The van der Waals surface area contributed by atoms with E-state index in [-0.39, 0.29) is 6.61 Å². The topological polar surface area (TPSA) is 33.1 Å². The van der Waals surface area contributed by atoms with Gasteiger partial charge < -0.3 is 5.11 Å². The number of thiazole rings is 1. The van der Waals surface area contributed by atoms with E-state index in [2.05, 4.69) is 17.3 Å². The van der Waals surface area contributed by atoms with Gasteiger partial charge in [0.1, 0.15) is 0 Å². The minimum absolute atomic E-state index is 0.212. The number of aliphatic hydroxyl groups excluding tert-OH is 1. The quantitative estimate of drug-likeness (QED) is 0.775. The van der Waals surface area contributed by atoms with Crippen molar-refractivity contribution in [2.45, 2.75) is 25.7 Å². The summed E-state index contributed by atoms with van der Waals surface area (Å²) >= 11 is 1.74. The summed E-state index contributed by atoms with van der Waals surface area (Å²) in [5.74, 6) is 1.56. The Labute approximate surface area is 76.3 Å². The molecule has 0 amide bonds. The third-order valence-corrected chi connectivity index (χ3v) is 3.39. The maximum atomic E-state index is 8.70. The molecule has 1 saturated carbocycles. The summed E-state index contributed by atoms with van der Waals surface area (Å²) < 4.78 is 0. The highest BCUT2D eigenvalue weighted by Gasteiger charge is 2.36. The van der Waals surface area contributed by atoms with Crippen molar-refractivity contribution < 1.29 is 5.11 Å². The highest BCUT2D eigenvalue weighted by atomic mass is 32.1. The first-order valence-electron chi connectivity index (χ1n) is 4.36. The summed E-state index contributed by atoms with van der Waals surface area (Å²) in [6.07, 6.45) is 2.00. The van der Waals surface area contributed by atoms with Gasteiger partial charge in [-0.15, -0.1) is 11.3 Å². The van der Waals surface area contributed by atoms with Crippen LogP contribution < -0.4 is 0 Å². The number of hydrogen-bond acceptors (Lipinski definition) is 3. The van der Waals surface area contributed by atoms with Gasteiger partial charge in [0.2, 0.25) is 0 Å². The number of rotatable bonds is 3. The summed E-state index contributed by atoms with van der Waals surface area (Å²) in [7, 11) is 0. The molecule has 66 valence electrons. The molecule has 1 fully saturated rings. The maximum Gasteiger partial charge on any atom is 0.0962 e. The van der Waals surface area contributed by atoms with E-state index >= 15 is 0 Å². The van der Waals surface area contributed by atoms with E-state index in [4.69, 9.17) is 5.11 Å². The molecule has 0 radical (unpaired) electrons. The molecule has 1 aromatic heterocycles. The Bertz CT molecular complexity index is 271. The number of nitrogens with zero attached hydrogens (tertiary/aromatic N) is 1. The third kappa shape index (κ3) is 1.52. The Morgan fingerprint density at radius 1 is 1.75 bits per heavy atom. The van der Waals surface area contributed by atoms with Crippen LogP contribution >= 0.6 is 11.3 Å². The summed E-state index contributed by atoms with van der Waals surface area (Å²) in [5.41, 5.74) is 1.05. The van der Waals surface area contributed by atoms with Gasteiger partial charge in [-0.3, -0.25) is 0 Å². The minimum atomic E-state index is 0.212. The normalized spacial score (nSPS) is 27.5. The Morgan fingerprint density at radius 3 is 3.08 bits per heavy atom. The van der Waals surface area contributed by atoms with Gasteiger partial charge in [0, 0.05) is 24.3 Å². The van der Waals surface area contributed by atoms with E-state index in [9.17, 15) is 0 Å². The van der Waals surface area contributed by atoms with Crippen LogP contribution in [0.4, 0.5) is 0 Å². The van der Waals surface area contributed by atoms with Crippen LogP contribution in [-0.2, 0) is 6.42 Å². The van der Waals surface area contributed by atoms with Crippen LogP contribution in [0.3, 0.4) is 0 Å². The van der Waals surface area contributed by atoms with Gasteiger partial charge >= 0.3 is 0 Å². The molecule has 1 N–H and O–H groups in total. The van der Waals surface area contributed by atoms with Crippen molar-refractivity contribution in [1.29, 1.82) is 0 Å². The summed E-state index contributed by atoms with van der Waals surface area (Å²) in [6, 6.07) is 0. The predicted octanol–water partition coefficient (Wildman–Crippen LogP) is 1.80. The molecule has 2 rings (SSSR count). The number of hydrogen-bond donors (Lipinski definition) is 1. The Balaban J connectivity index is 2.04. The van der Waals surface area contributed by atoms with Crippen molar-refractivity contribution in [3.8, 4) is 0 Å². The van der Waals surface area contributed by atoms with Gasteiger partial charge in [-0.2, -0.15) is 0 Å². The van der Waals surface area contributed by atoms with Crippen molar-refractivity contribution in [1.82, 2.24) is 4.98 Å². The van der Waals surface area contributed by atoms with E-state index in [0.717, 1.165) is 17.5 Å². The fourth-order valence-electron chi connectivity index (χ4n) is 1.39. The third-order valence-electron chi connectivity index (χ3n) is 2.36. The molecule has 1 aliphatic rings. The number of aliphatic hydroxyl groups is 1. The van der Waals surface area contributed by atoms with Crippen molar-refractivity contribution in [3.63, 3.8) is 0 Å². The smallest absolute Gasteiger partial charge is 0.0962 e. The first-order valence-corrected chi connectivity index (χ1v) is 5.24. The van der Waals surface area contributed by atoms with Crippen LogP contribution in [-0.4, -0.2) is 16.7 Å². The van der Waals surface area contributed by atoms with Gasteiger partial charge in [-0.1, -0.05) is 6.92 Å². The Morgan fingerprint density at radius 2 is 2.50 bits per heavy atom. The van der Waals surface area contributed by atoms with Gasteiger partial charge in [-0.05, 0) is 12.3 Å². The highest BCUT2D eigenvalue weighted by molar-refractivity contribution is 7.09. The van der Waals surface area contributed by atoms with Crippen LogP contribution in [0.1, 0.15) is 30.0 Å². The van der Waals surface area contributed by atoms with Crippen LogP contribution in [0, 0.1) is 5.92 Å². The molecular formula is C9H13NOS. The second-order valence-corrected chi connectivity index (χ2v) is 4.36. The molecule has 1 aromatic rings. The fraction of sp³-hybridized carbons (Fsp3) is 0.667. The zero-order chi connectivity index (χ0) is 8.55. The molecule has 2 atom stereocenters. The van der Waals surface area contributed by atoms with Crippen molar-refractivity contribution in [3.05, 3.63) is 16.1 Å². The molecule has 1 heterocycles. The molecule has 1 aliphatic carbocycles. The van der Waals surface area contributed by atoms with Gasteiger partial charge in [0.05, 0.1) is 10.7 Å². The van der Waals surface area contributed by atoms with E-state index in [0.29, 0.717) is 6.42 Å². The number of aromatic nitrogens is 1. The second-order valence-electron chi connectivity index (χ2n) is 3.47. The molecule has 0 aliphatic heterocycles. The standard InChI is InChI=1S/C9H13NOS/c1-6-4-8(6)9-10-7(2-3-11)5-12-9/h5-6,8,11H,2-4H2,1H3. The van der Waals surface area contributed by atoms with Crippen LogP contribution in [0.25, 0.3) is 0 Å². The fourth-order valence-corrected chi connectivity index (χ4v) is 2.49. The molecule has 2 nitrogen and oxygen atoms in total. The lowest BCUT2D eigenvalue weighted by atomic mass is 10.3. The lowest BCUT2D eigenvalue weighted by molar-refractivity contribution is 0.298. The summed E-state index contributed by atoms with van der Waals surface area (Å²) in [5, 5.41) is 12.0. The molecule has 0 spiro atoms. The monoisotopic (exact) mass is 183 g/mol. The average Bonchev–Trinajstić information content (AvgIpc) is 2.62. The zero-order valence-electron chi connectivity index (χ0n) is 7.16. The lowest BCUT2D eigenvalue weighted by Crippen LogP contribution is -1.90. The van der Waals surface area contributed by atoms with Gasteiger partial charge in [0.25, 0.3) is 0 Å². The summed E-state index contributed by atoms with van der Waals surface area (Å²) in [4.78, 5) is 4.47. The zero-order valence-corrected chi connectivity index (χ0v) is 7.97. The van der Waals surface area contributed by atoms with E-state index in [1.807, 2.05) is 0 Å². The largest absolute Gasteiger partial charge is 0.396 e. The molecule has 2 unspecified atom stereocenters. The van der Waals surface area contributed by atoms with E-state index in [1.54, 1.807) is 11.3 Å². The molecule has 0 bridgehead atoms. The molecular weight excluding hydrogens is 170 g/mol.